The quantitative estimate of drug-likeness (QED) is 0.399. The number of aliphatic hydroxyl groups excluding tert-OH is 5. The molecule has 0 heterocycles. The molecule has 0 aromatic heterocycles. The maximum absolute atomic E-state index is 11.8. The highest BCUT2D eigenvalue weighted by molar-refractivity contribution is 5.89. The molecule has 2 unspecified atom stereocenters. The minimum atomic E-state index is -1.72. The molecule has 0 saturated heterocycles. The molecule has 1 fully saturated rings. The van der Waals surface area contributed by atoms with Crippen LogP contribution in [-0.2, 0) is 4.74 Å². The molecular weight excluding hydrogens is 268 g/mol. The standard InChI is InChI=1S/C13H16O7/c14-7-8(15)10(17)12(11(18)9(7)16)20-13(19)6-4-2-1-3-5-6/h1-5,7-12,14-18H/t7?,8-,9+,10-,11-,12?/m1/s1. The number of benzene rings is 1. The highest BCUT2D eigenvalue weighted by Crippen LogP contribution is 2.24. The summed E-state index contributed by atoms with van der Waals surface area (Å²) >= 11 is 0. The maximum Gasteiger partial charge on any atom is 0.338 e. The van der Waals surface area contributed by atoms with E-state index in [1.807, 2.05) is 0 Å². The fourth-order valence-electron chi connectivity index (χ4n) is 2.10. The zero-order valence-corrected chi connectivity index (χ0v) is 10.4. The first-order valence-corrected chi connectivity index (χ1v) is 6.10. The van der Waals surface area contributed by atoms with E-state index >= 15 is 0 Å². The summed E-state index contributed by atoms with van der Waals surface area (Å²) in [5, 5.41) is 47.9. The topological polar surface area (TPSA) is 127 Å². The second-order valence-corrected chi connectivity index (χ2v) is 4.69. The Morgan fingerprint density at radius 2 is 1.25 bits per heavy atom. The predicted molar refractivity (Wildman–Crippen MR) is 65.7 cm³/mol. The van der Waals surface area contributed by atoms with Crippen LogP contribution in [0.5, 0.6) is 0 Å². The van der Waals surface area contributed by atoms with Gasteiger partial charge in [0.05, 0.1) is 5.56 Å². The lowest BCUT2D eigenvalue weighted by Gasteiger charge is -2.41. The number of esters is 1. The molecule has 1 aliphatic carbocycles. The first-order valence-electron chi connectivity index (χ1n) is 6.10. The third kappa shape index (κ3) is 2.67. The summed E-state index contributed by atoms with van der Waals surface area (Å²) in [6.45, 7) is 0. The molecule has 0 spiro atoms. The number of ether oxygens (including phenoxy) is 1. The number of aliphatic hydroxyl groups is 5. The van der Waals surface area contributed by atoms with Gasteiger partial charge in [0, 0.05) is 0 Å². The lowest BCUT2D eigenvalue weighted by atomic mass is 9.85. The summed E-state index contributed by atoms with van der Waals surface area (Å²) in [4.78, 5) is 11.8. The Balaban J connectivity index is 2.13. The SMILES string of the molecule is O=C(OC1[C@H](O)[C@H](O)C(O)[C@H](O)[C@H]1O)c1ccccc1. The fraction of sp³-hybridized carbons (Fsp3) is 0.462. The zero-order chi connectivity index (χ0) is 14.9. The molecule has 0 radical (unpaired) electrons. The van der Waals surface area contributed by atoms with Crippen molar-refractivity contribution in [1.82, 2.24) is 0 Å². The summed E-state index contributed by atoms with van der Waals surface area (Å²) in [5.41, 5.74) is 0.196. The summed E-state index contributed by atoms with van der Waals surface area (Å²) in [7, 11) is 0. The van der Waals surface area contributed by atoms with Crippen LogP contribution in [0.25, 0.3) is 0 Å². The number of rotatable bonds is 2. The first-order chi connectivity index (χ1) is 9.43. The van der Waals surface area contributed by atoms with Crippen LogP contribution in [0.3, 0.4) is 0 Å². The van der Waals surface area contributed by atoms with Crippen LogP contribution in [-0.4, -0.2) is 68.1 Å². The van der Waals surface area contributed by atoms with E-state index in [1.54, 1.807) is 18.2 Å². The number of carbonyl (C=O) groups is 1. The van der Waals surface area contributed by atoms with Crippen LogP contribution >= 0.6 is 0 Å². The molecule has 7 heteroatoms. The van der Waals surface area contributed by atoms with Gasteiger partial charge in [0.1, 0.15) is 30.5 Å². The van der Waals surface area contributed by atoms with Crippen molar-refractivity contribution >= 4 is 5.97 Å². The molecule has 1 aromatic carbocycles. The summed E-state index contributed by atoms with van der Waals surface area (Å²) in [6, 6.07) is 7.87. The van der Waals surface area contributed by atoms with Crippen molar-refractivity contribution in [1.29, 1.82) is 0 Å². The molecule has 5 N–H and O–H groups in total. The Morgan fingerprint density at radius 1 is 0.800 bits per heavy atom. The second-order valence-electron chi connectivity index (χ2n) is 4.69. The Morgan fingerprint density at radius 3 is 1.75 bits per heavy atom. The number of hydrogen-bond donors (Lipinski definition) is 5. The van der Waals surface area contributed by atoms with E-state index in [-0.39, 0.29) is 5.56 Å². The fourth-order valence-corrected chi connectivity index (χ4v) is 2.10. The van der Waals surface area contributed by atoms with Crippen molar-refractivity contribution in [2.45, 2.75) is 36.6 Å². The van der Waals surface area contributed by atoms with Gasteiger partial charge < -0.3 is 30.3 Å². The van der Waals surface area contributed by atoms with E-state index in [9.17, 15) is 30.3 Å². The Hall–Kier alpha value is -1.51. The number of hydrogen-bond acceptors (Lipinski definition) is 7. The van der Waals surface area contributed by atoms with E-state index in [0.717, 1.165) is 0 Å². The zero-order valence-electron chi connectivity index (χ0n) is 10.4. The summed E-state index contributed by atoms with van der Waals surface area (Å²) in [6.07, 6.45) is -10.1. The number of carbonyl (C=O) groups excluding carboxylic acids is 1. The molecular formula is C13H16O7. The van der Waals surface area contributed by atoms with Gasteiger partial charge in [0.2, 0.25) is 0 Å². The van der Waals surface area contributed by atoms with Crippen LogP contribution < -0.4 is 0 Å². The minimum absolute atomic E-state index is 0.196. The van der Waals surface area contributed by atoms with Crippen molar-refractivity contribution in [3.63, 3.8) is 0 Å². The van der Waals surface area contributed by atoms with Crippen LogP contribution in [0, 0.1) is 0 Å². The van der Waals surface area contributed by atoms with Gasteiger partial charge in [-0.05, 0) is 12.1 Å². The van der Waals surface area contributed by atoms with Gasteiger partial charge in [-0.3, -0.25) is 0 Å². The predicted octanol–water partition coefficient (Wildman–Crippen LogP) is -1.97. The third-order valence-electron chi connectivity index (χ3n) is 3.33. The van der Waals surface area contributed by atoms with E-state index in [0.29, 0.717) is 0 Å². The highest BCUT2D eigenvalue weighted by Gasteiger charge is 2.50. The first kappa shape index (κ1) is 14.9. The van der Waals surface area contributed by atoms with Gasteiger partial charge >= 0.3 is 5.97 Å². The van der Waals surface area contributed by atoms with E-state index in [2.05, 4.69) is 0 Å². The molecule has 110 valence electrons. The molecule has 0 aliphatic heterocycles. The van der Waals surface area contributed by atoms with Crippen LogP contribution in [0.15, 0.2) is 30.3 Å². The van der Waals surface area contributed by atoms with Gasteiger partial charge in [-0.15, -0.1) is 0 Å². The van der Waals surface area contributed by atoms with Crippen molar-refractivity contribution in [2.75, 3.05) is 0 Å². The minimum Gasteiger partial charge on any atom is -0.453 e. The molecule has 0 bridgehead atoms. The van der Waals surface area contributed by atoms with Crippen molar-refractivity contribution in [3.05, 3.63) is 35.9 Å². The molecule has 0 amide bonds. The monoisotopic (exact) mass is 284 g/mol. The summed E-state index contributed by atoms with van der Waals surface area (Å²) < 4.78 is 4.92. The Kier molecular flexibility index (Phi) is 4.36. The van der Waals surface area contributed by atoms with Crippen LogP contribution in [0.2, 0.25) is 0 Å². The molecule has 1 saturated carbocycles. The molecule has 2 rings (SSSR count). The average molecular weight is 284 g/mol. The van der Waals surface area contributed by atoms with E-state index in [4.69, 9.17) is 4.74 Å². The van der Waals surface area contributed by atoms with Crippen molar-refractivity contribution in [2.24, 2.45) is 0 Å². The molecule has 20 heavy (non-hydrogen) atoms. The lowest BCUT2D eigenvalue weighted by Crippen LogP contribution is -2.64. The lowest BCUT2D eigenvalue weighted by molar-refractivity contribution is -0.223. The van der Waals surface area contributed by atoms with E-state index in [1.165, 1.54) is 12.1 Å². The van der Waals surface area contributed by atoms with Crippen molar-refractivity contribution < 1.29 is 35.1 Å². The normalized spacial score (nSPS) is 37.5. The van der Waals surface area contributed by atoms with Gasteiger partial charge in [0.15, 0.2) is 6.10 Å². The highest BCUT2D eigenvalue weighted by atomic mass is 16.6. The molecule has 1 aromatic rings. The average Bonchev–Trinajstić information content (AvgIpc) is 2.48. The summed E-state index contributed by atoms with van der Waals surface area (Å²) in [5.74, 6) is -0.815. The third-order valence-corrected chi connectivity index (χ3v) is 3.33. The molecule has 6 atom stereocenters. The molecule has 1 aliphatic rings. The van der Waals surface area contributed by atoms with Gasteiger partial charge in [-0.25, -0.2) is 4.79 Å². The van der Waals surface area contributed by atoms with Crippen LogP contribution in [0.1, 0.15) is 10.4 Å². The van der Waals surface area contributed by atoms with Crippen LogP contribution in [0.4, 0.5) is 0 Å². The van der Waals surface area contributed by atoms with Gasteiger partial charge in [0.25, 0.3) is 0 Å². The smallest absolute Gasteiger partial charge is 0.338 e. The maximum atomic E-state index is 11.8. The second kappa shape index (κ2) is 5.86. The van der Waals surface area contributed by atoms with Gasteiger partial charge in [-0.2, -0.15) is 0 Å². The van der Waals surface area contributed by atoms with Crippen molar-refractivity contribution in [3.8, 4) is 0 Å². The molecule has 7 nitrogen and oxygen atoms in total. The Labute approximate surface area is 114 Å². The largest absolute Gasteiger partial charge is 0.453 e. The Bertz CT molecular complexity index is 447. The van der Waals surface area contributed by atoms with Gasteiger partial charge in [-0.1, -0.05) is 18.2 Å². The van der Waals surface area contributed by atoms with E-state index < -0.39 is 42.6 Å².